The van der Waals surface area contributed by atoms with Gasteiger partial charge in [-0.2, -0.15) is 0 Å². The van der Waals surface area contributed by atoms with E-state index in [4.69, 9.17) is 5.73 Å². The maximum Gasteiger partial charge on any atom is 0.0181 e. The van der Waals surface area contributed by atoms with Gasteiger partial charge in [0.25, 0.3) is 0 Å². The van der Waals surface area contributed by atoms with E-state index >= 15 is 0 Å². The first-order chi connectivity index (χ1) is 8.60. The summed E-state index contributed by atoms with van der Waals surface area (Å²) in [7, 11) is 0. The molecule has 0 atom stereocenters. The molecule has 0 aliphatic rings. The number of hydrogen-bond acceptors (Lipinski definition) is 2. The lowest BCUT2D eigenvalue weighted by Gasteiger charge is -2.11. The van der Waals surface area contributed by atoms with Crippen LogP contribution in [-0.2, 0) is 6.54 Å². The molecule has 1 nitrogen and oxygen atoms in total. The minimum absolute atomic E-state index is 0.605. The standard InChI is InChI=1S/C16H19NS/c1-11-8-12(2)16(13(3)9-11)18-15-6-4-14(10-17)5-7-15/h4-9H,10,17H2,1-3H3. The third-order valence-corrected chi connectivity index (χ3v) is 4.34. The molecule has 2 rings (SSSR count). The molecule has 18 heavy (non-hydrogen) atoms. The molecule has 0 fully saturated rings. The summed E-state index contributed by atoms with van der Waals surface area (Å²) in [5, 5.41) is 0. The average Bonchev–Trinajstić information content (AvgIpc) is 2.34. The fourth-order valence-corrected chi connectivity index (χ4v) is 3.09. The van der Waals surface area contributed by atoms with Crippen LogP contribution in [0.3, 0.4) is 0 Å². The van der Waals surface area contributed by atoms with Crippen molar-refractivity contribution in [2.45, 2.75) is 37.1 Å². The molecule has 2 N–H and O–H groups in total. The van der Waals surface area contributed by atoms with Crippen molar-refractivity contribution >= 4 is 11.8 Å². The van der Waals surface area contributed by atoms with Crippen LogP contribution in [0, 0.1) is 20.8 Å². The Kier molecular flexibility index (Phi) is 4.10. The lowest BCUT2D eigenvalue weighted by atomic mass is 10.1. The highest BCUT2D eigenvalue weighted by atomic mass is 32.2. The molecule has 0 aromatic heterocycles. The molecule has 0 aliphatic carbocycles. The van der Waals surface area contributed by atoms with Gasteiger partial charge in [-0.25, -0.2) is 0 Å². The fourth-order valence-electron chi connectivity index (χ4n) is 2.14. The van der Waals surface area contributed by atoms with Gasteiger partial charge < -0.3 is 5.73 Å². The van der Waals surface area contributed by atoms with E-state index in [-0.39, 0.29) is 0 Å². The van der Waals surface area contributed by atoms with Crippen LogP contribution < -0.4 is 5.73 Å². The van der Waals surface area contributed by atoms with Gasteiger partial charge in [-0.05, 0) is 49.6 Å². The molecule has 0 aliphatic heterocycles. The Morgan fingerprint density at radius 1 is 0.944 bits per heavy atom. The van der Waals surface area contributed by atoms with Gasteiger partial charge in [0.15, 0.2) is 0 Å². The minimum atomic E-state index is 0.605. The second kappa shape index (κ2) is 5.59. The zero-order valence-electron chi connectivity index (χ0n) is 11.2. The average molecular weight is 257 g/mol. The quantitative estimate of drug-likeness (QED) is 0.891. The first-order valence-corrected chi connectivity index (χ1v) is 6.96. The molecule has 2 aromatic rings. The molecule has 2 aromatic carbocycles. The highest BCUT2D eigenvalue weighted by molar-refractivity contribution is 7.99. The van der Waals surface area contributed by atoms with Crippen molar-refractivity contribution in [2.24, 2.45) is 5.73 Å². The van der Waals surface area contributed by atoms with E-state index in [1.165, 1.54) is 32.0 Å². The molecule has 0 spiro atoms. The lowest BCUT2D eigenvalue weighted by molar-refractivity contribution is 1.06. The Morgan fingerprint density at radius 2 is 1.50 bits per heavy atom. The summed E-state index contributed by atoms with van der Waals surface area (Å²) in [6.07, 6.45) is 0. The number of rotatable bonds is 3. The molecule has 94 valence electrons. The zero-order chi connectivity index (χ0) is 13.1. The highest BCUT2D eigenvalue weighted by Gasteiger charge is 2.05. The normalized spacial score (nSPS) is 10.7. The van der Waals surface area contributed by atoms with E-state index in [0.717, 1.165) is 0 Å². The molecule has 0 radical (unpaired) electrons. The Bertz CT molecular complexity index is 521. The van der Waals surface area contributed by atoms with Crippen molar-refractivity contribution in [1.82, 2.24) is 0 Å². The van der Waals surface area contributed by atoms with Gasteiger partial charge in [0, 0.05) is 16.3 Å². The van der Waals surface area contributed by atoms with Crippen molar-refractivity contribution in [2.75, 3.05) is 0 Å². The largest absolute Gasteiger partial charge is 0.326 e. The van der Waals surface area contributed by atoms with Gasteiger partial charge in [-0.15, -0.1) is 0 Å². The molecule has 0 bridgehead atoms. The van der Waals surface area contributed by atoms with Crippen LogP contribution in [0.2, 0.25) is 0 Å². The van der Waals surface area contributed by atoms with E-state index in [9.17, 15) is 0 Å². The van der Waals surface area contributed by atoms with Gasteiger partial charge in [-0.3, -0.25) is 0 Å². The zero-order valence-corrected chi connectivity index (χ0v) is 12.0. The van der Waals surface area contributed by atoms with Crippen molar-refractivity contribution in [3.05, 3.63) is 58.7 Å². The molecule has 0 saturated carbocycles. The summed E-state index contributed by atoms with van der Waals surface area (Å²) in [6, 6.07) is 13.0. The monoisotopic (exact) mass is 257 g/mol. The molecule has 0 amide bonds. The third-order valence-electron chi connectivity index (χ3n) is 2.98. The maximum absolute atomic E-state index is 5.61. The topological polar surface area (TPSA) is 26.0 Å². The van der Waals surface area contributed by atoms with Crippen LogP contribution >= 0.6 is 11.8 Å². The molecule has 0 saturated heterocycles. The summed E-state index contributed by atoms with van der Waals surface area (Å²) in [5.74, 6) is 0. The van der Waals surface area contributed by atoms with E-state index in [0.29, 0.717) is 6.54 Å². The van der Waals surface area contributed by atoms with Crippen LogP contribution in [0.15, 0.2) is 46.2 Å². The van der Waals surface area contributed by atoms with Crippen LogP contribution in [0.5, 0.6) is 0 Å². The summed E-state index contributed by atoms with van der Waals surface area (Å²) in [5.41, 5.74) is 10.8. The highest BCUT2D eigenvalue weighted by Crippen LogP contribution is 2.33. The van der Waals surface area contributed by atoms with Crippen molar-refractivity contribution in [1.29, 1.82) is 0 Å². The number of nitrogens with two attached hydrogens (primary N) is 1. The van der Waals surface area contributed by atoms with E-state index < -0.39 is 0 Å². The van der Waals surface area contributed by atoms with Gasteiger partial charge in [0.2, 0.25) is 0 Å². The third kappa shape index (κ3) is 2.95. The predicted molar refractivity (Wildman–Crippen MR) is 79.1 cm³/mol. The smallest absolute Gasteiger partial charge is 0.0181 e. The Balaban J connectivity index is 2.28. The van der Waals surface area contributed by atoms with Crippen LogP contribution in [0.4, 0.5) is 0 Å². The second-order valence-corrected chi connectivity index (χ2v) is 5.76. The number of hydrogen-bond donors (Lipinski definition) is 1. The Hall–Kier alpha value is -1.25. The van der Waals surface area contributed by atoms with Gasteiger partial charge in [0.1, 0.15) is 0 Å². The summed E-state index contributed by atoms with van der Waals surface area (Å²) >= 11 is 1.83. The summed E-state index contributed by atoms with van der Waals surface area (Å²) in [6.45, 7) is 7.10. The molecular formula is C16H19NS. The van der Waals surface area contributed by atoms with Crippen molar-refractivity contribution in [3.8, 4) is 0 Å². The van der Waals surface area contributed by atoms with Crippen LogP contribution in [-0.4, -0.2) is 0 Å². The number of aryl methyl sites for hydroxylation is 3. The first-order valence-electron chi connectivity index (χ1n) is 6.15. The number of benzene rings is 2. The van der Waals surface area contributed by atoms with E-state index in [1.807, 2.05) is 11.8 Å². The SMILES string of the molecule is Cc1cc(C)c(Sc2ccc(CN)cc2)c(C)c1. The molecule has 0 unspecified atom stereocenters. The minimum Gasteiger partial charge on any atom is -0.326 e. The van der Waals surface area contributed by atoms with Gasteiger partial charge in [0.05, 0.1) is 0 Å². The molecule has 0 heterocycles. The van der Waals surface area contributed by atoms with Crippen LogP contribution in [0.1, 0.15) is 22.3 Å². The molecule has 2 heteroatoms. The maximum atomic E-state index is 5.61. The Labute approximate surface area is 113 Å². The summed E-state index contributed by atoms with van der Waals surface area (Å²) in [4.78, 5) is 2.63. The summed E-state index contributed by atoms with van der Waals surface area (Å²) < 4.78 is 0. The van der Waals surface area contributed by atoms with E-state index in [1.54, 1.807) is 0 Å². The predicted octanol–water partition coefficient (Wildman–Crippen LogP) is 4.22. The van der Waals surface area contributed by atoms with Gasteiger partial charge in [-0.1, -0.05) is 41.6 Å². The second-order valence-electron chi connectivity index (χ2n) is 4.68. The van der Waals surface area contributed by atoms with Gasteiger partial charge >= 0.3 is 0 Å². The van der Waals surface area contributed by atoms with Crippen LogP contribution in [0.25, 0.3) is 0 Å². The van der Waals surface area contributed by atoms with Crippen molar-refractivity contribution in [3.63, 3.8) is 0 Å². The van der Waals surface area contributed by atoms with Crippen molar-refractivity contribution < 1.29 is 0 Å². The van der Waals surface area contributed by atoms with E-state index in [2.05, 4.69) is 57.2 Å². The molecular weight excluding hydrogens is 238 g/mol. The first kappa shape index (κ1) is 13.2. The fraction of sp³-hybridized carbons (Fsp3) is 0.250. The lowest BCUT2D eigenvalue weighted by Crippen LogP contribution is -1.95. The Morgan fingerprint density at radius 3 is 2.00 bits per heavy atom.